The number of aryl methyl sites for hydroxylation is 2. The molecule has 4 aromatic rings. The fraction of sp³-hybridized carbons (Fsp3) is 0.130. The van der Waals surface area contributed by atoms with Gasteiger partial charge in [0.15, 0.2) is 11.0 Å². The topological polar surface area (TPSA) is 30.7 Å². The molecule has 0 saturated carbocycles. The Morgan fingerprint density at radius 1 is 0.931 bits per heavy atom. The molecule has 3 aromatic carbocycles. The lowest BCUT2D eigenvalue weighted by Crippen LogP contribution is -2.00. The van der Waals surface area contributed by atoms with Crippen LogP contribution in [0.25, 0.3) is 17.1 Å². The number of rotatable bonds is 5. The van der Waals surface area contributed by atoms with Gasteiger partial charge in [-0.25, -0.2) is 4.39 Å². The van der Waals surface area contributed by atoms with Crippen LogP contribution in [0.1, 0.15) is 16.7 Å². The van der Waals surface area contributed by atoms with Gasteiger partial charge in [-0.15, -0.1) is 10.2 Å². The standard InChI is InChI=1S/C23H19ClFN3S/c1-15-9-11-18(12-10-15)28-22(17-6-3-5-16(2)13-17)26-27-23(28)29-14-19-20(24)7-4-8-21(19)25/h3-13H,14H2,1-2H3. The Balaban J connectivity index is 1.77. The second-order valence-electron chi connectivity index (χ2n) is 6.84. The van der Waals surface area contributed by atoms with Crippen molar-refractivity contribution in [2.75, 3.05) is 0 Å². The van der Waals surface area contributed by atoms with Gasteiger partial charge in [-0.1, -0.05) is 70.9 Å². The zero-order chi connectivity index (χ0) is 20.4. The Kier molecular flexibility index (Phi) is 5.69. The SMILES string of the molecule is Cc1ccc(-n2c(SCc3c(F)cccc3Cl)nnc2-c2cccc(C)c2)cc1. The molecule has 0 amide bonds. The van der Waals surface area contributed by atoms with E-state index in [1.54, 1.807) is 12.1 Å². The van der Waals surface area contributed by atoms with Crippen LogP contribution in [0.3, 0.4) is 0 Å². The fourth-order valence-electron chi connectivity index (χ4n) is 3.07. The van der Waals surface area contributed by atoms with Crippen LogP contribution in [-0.4, -0.2) is 14.8 Å². The van der Waals surface area contributed by atoms with Gasteiger partial charge >= 0.3 is 0 Å². The summed E-state index contributed by atoms with van der Waals surface area (Å²) in [6.45, 7) is 4.10. The minimum absolute atomic E-state index is 0.315. The molecule has 146 valence electrons. The molecule has 0 fully saturated rings. The molecule has 0 N–H and O–H groups in total. The monoisotopic (exact) mass is 423 g/mol. The summed E-state index contributed by atoms with van der Waals surface area (Å²) in [7, 11) is 0. The van der Waals surface area contributed by atoms with E-state index in [9.17, 15) is 4.39 Å². The van der Waals surface area contributed by atoms with Gasteiger partial charge in [-0.2, -0.15) is 0 Å². The van der Waals surface area contributed by atoms with Gasteiger partial charge in [0.2, 0.25) is 0 Å². The molecule has 1 aromatic heterocycles. The third-order valence-electron chi connectivity index (χ3n) is 4.61. The average molecular weight is 424 g/mol. The lowest BCUT2D eigenvalue weighted by atomic mass is 10.1. The van der Waals surface area contributed by atoms with Crippen molar-refractivity contribution < 1.29 is 4.39 Å². The molecular formula is C23H19ClFN3S. The number of aromatic nitrogens is 3. The minimum Gasteiger partial charge on any atom is -0.270 e. The summed E-state index contributed by atoms with van der Waals surface area (Å²) in [6.07, 6.45) is 0. The molecule has 0 unspecified atom stereocenters. The highest BCUT2D eigenvalue weighted by molar-refractivity contribution is 7.98. The van der Waals surface area contributed by atoms with Crippen molar-refractivity contribution in [3.63, 3.8) is 0 Å². The van der Waals surface area contributed by atoms with Crippen LogP contribution in [0.2, 0.25) is 5.02 Å². The van der Waals surface area contributed by atoms with Crippen molar-refractivity contribution in [2.45, 2.75) is 24.8 Å². The molecule has 3 nitrogen and oxygen atoms in total. The minimum atomic E-state index is -0.315. The number of benzene rings is 3. The summed E-state index contributed by atoms with van der Waals surface area (Å²) in [4.78, 5) is 0. The first-order chi connectivity index (χ1) is 14.0. The van der Waals surface area contributed by atoms with E-state index in [4.69, 9.17) is 11.6 Å². The van der Waals surface area contributed by atoms with Crippen LogP contribution in [0.15, 0.2) is 71.9 Å². The van der Waals surface area contributed by atoms with E-state index in [0.29, 0.717) is 21.5 Å². The average Bonchev–Trinajstić information content (AvgIpc) is 3.12. The van der Waals surface area contributed by atoms with E-state index in [0.717, 1.165) is 22.6 Å². The van der Waals surface area contributed by atoms with Crippen LogP contribution in [0, 0.1) is 19.7 Å². The zero-order valence-corrected chi connectivity index (χ0v) is 17.6. The van der Waals surface area contributed by atoms with E-state index in [1.165, 1.54) is 23.4 Å². The summed E-state index contributed by atoms with van der Waals surface area (Å²) in [5.41, 5.74) is 4.72. The molecule has 0 saturated heterocycles. The van der Waals surface area contributed by atoms with Crippen molar-refractivity contribution in [3.8, 4) is 17.1 Å². The highest BCUT2D eigenvalue weighted by Gasteiger charge is 2.17. The van der Waals surface area contributed by atoms with Crippen LogP contribution >= 0.6 is 23.4 Å². The molecule has 0 aliphatic carbocycles. The maximum absolute atomic E-state index is 14.2. The van der Waals surface area contributed by atoms with Gasteiger partial charge in [0.25, 0.3) is 0 Å². The molecule has 4 rings (SSSR count). The molecule has 0 aliphatic heterocycles. The predicted octanol–water partition coefficient (Wildman–Crippen LogP) is 6.64. The molecule has 0 aliphatic rings. The van der Waals surface area contributed by atoms with Crippen molar-refractivity contribution in [2.24, 2.45) is 0 Å². The summed E-state index contributed by atoms with van der Waals surface area (Å²) < 4.78 is 16.2. The van der Waals surface area contributed by atoms with Gasteiger partial charge in [0, 0.05) is 27.6 Å². The fourth-order valence-corrected chi connectivity index (χ4v) is 4.36. The number of thioether (sulfide) groups is 1. The van der Waals surface area contributed by atoms with Gasteiger partial charge in [-0.3, -0.25) is 4.57 Å². The first-order valence-electron chi connectivity index (χ1n) is 9.18. The predicted molar refractivity (Wildman–Crippen MR) is 117 cm³/mol. The number of nitrogens with zero attached hydrogens (tertiary/aromatic N) is 3. The van der Waals surface area contributed by atoms with Crippen LogP contribution in [0.5, 0.6) is 0 Å². The highest BCUT2D eigenvalue weighted by Crippen LogP contribution is 2.32. The van der Waals surface area contributed by atoms with Crippen molar-refractivity contribution in [1.82, 2.24) is 14.8 Å². The van der Waals surface area contributed by atoms with E-state index < -0.39 is 0 Å². The van der Waals surface area contributed by atoms with Gasteiger partial charge in [0.05, 0.1) is 0 Å². The lowest BCUT2D eigenvalue weighted by Gasteiger charge is -2.12. The second kappa shape index (κ2) is 8.39. The number of hydrogen-bond donors (Lipinski definition) is 0. The van der Waals surface area contributed by atoms with Crippen LogP contribution < -0.4 is 0 Å². The van der Waals surface area contributed by atoms with Gasteiger partial charge < -0.3 is 0 Å². The molecule has 0 spiro atoms. The zero-order valence-electron chi connectivity index (χ0n) is 16.1. The lowest BCUT2D eigenvalue weighted by molar-refractivity contribution is 0.617. The Bertz CT molecular complexity index is 1140. The first-order valence-corrected chi connectivity index (χ1v) is 10.5. The number of halogens is 2. The molecule has 0 bridgehead atoms. The second-order valence-corrected chi connectivity index (χ2v) is 8.19. The van der Waals surface area contributed by atoms with Crippen molar-refractivity contribution in [3.05, 3.63) is 94.3 Å². The van der Waals surface area contributed by atoms with E-state index >= 15 is 0 Å². The third-order valence-corrected chi connectivity index (χ3v) is 5.92. The summed E-state index contributed by atoms with van der Waals surface area (Å²) in [5.74, 6) is 0.800. The van der Waals surface area contributed by atoms with Gasteiger partial charge in [0.1, 0.15) is 5.82 Å². The number of hydrogen-bond acceptors (Lipinski definition) is 3. The quantitative estimate of drug-likeness (QED) is 0.337. The maximum atomic E-state index is 14.2. The van der Waals surface area contributed by atoms with E-state index in [-0.39, 0.29) is 5.82 Å². The smallest absolute Gasteiger partial charge is 0.196 e. The molecule has 0 radical (unpaired) electrons. The van der Waals surface area contributed by atoms with E-state index in [1.807, 2.05) is 48.7 Å². The van der Waals surface area contributed by atoms with Crippen LogP contribution in [0.4, 0.5) is 4.39 Å². The van der Waals surface area contributed by atoms with Crippen LogP contribution in [-0.2, 0) is 5.75 Å². The molecule has 1 heterocycles. The Hall–Kier alpha value is -2.63. The Morgan fingerprint density at radius 2 is 1.69 bits per heavy atom. The summed E-state index contributed by atoms with van der Waals surface area (Å²) >= 11 is 7.60. The molecule has 29 heavy (non-hydrogen) atoms. The Morgan fingerprint density at radius 3 is 2.41 bits per heavy atom. The third kappa shape index (κ3) is 4.21. The Labute approximate surface area is 178 Å². The normalized spacial score (nSPS) is 11.0. The van der Waals surface area contributed by atoms with Crippen molar-refractivity contribution in [1.29, 1.82) is 0 Å². The molecule has 0 atom stereocenters. The summed E-state index contributed by atoms with van der Waals surface area (Å²) in [5, 5.41) is 9.95. The van der Waals surface area contributed by atoms with Gasteiger partial charge in [-0.05, 0) is 44.2 Å². The van der Waals surface area contributed by atoms with Crippen molar-refractivity contribution >= 4 is 23.4 Å². The maximum Gasteiger partial charge on any atom is 0.196 e. The molecule has 6 heteroatoms. The highest BCUT2D eigenvalue weighted by atomic mass is 35.5. The molecular weight excluding hydrogens is 405 g/mol. The summed E-state index contributed by atoms with van der Waals surface area (Å²) in [6, 6.07) is 21.1. The largest absolute Gasteiger partial charge is 0.270 e. The van der Waals surface area contributed by atoms with E-state index in [2.05, 4.69) is 28.4 Å². The first kappa shape index (κ1) is 19.7.